The van der Waals surface area contributed by atoms with Crippen LogP contribution < -0.4 is 16.0 Å². The van der Waals surface area contributed by atoms with Gasteiger partial charge in [0.1, 0.15) is 0 Å². The van der Waals surface area contributed by atoms with E-state index < -0.39 is 0 Å². The zero-order valence-electron chi connectivity index (χ0n) is 9.63. The van der Waals surface area contributed by atoms with Gasteiger partial charge in [0.05, 0.1) is 0 Å². The van der Waals surface area contributed by atoms with Crippen molar-refractivity contribution in [3.05, 3.63) is 0 Å². The average molecular weight is 243 g/mol. The van der Waals surface area contributed by atoms with Gasteiger partial charge in [-0.15, -0.1) is 0 Å². The molecule has 16 heavy (non-hydrogen) atoms. The summed E-state index contributed by atoms with van der Waals surface area (Å²) in [5, 5.41) is 9.36. The van der Waals surface area contributed by atoms with Crippen LogP contribution in [0.2, 0.25) is 0 Å². The maximum atomic E-state index is 11.6. The number of urea groups is 1. The Balaban J connectivity index is 1.59. The second-order valence-corrected chi connectivity index (χ2v) is 5.78. The molecule has 0 bridgehead atoms. The topological polar surface area (TPSA) is 53.2 Å². The predicted molar refractivity (Wildman–Crippen MR) is 67.9 cm³/mol. The lowest BCUT2D eigenvalue weighted by Gasteiger charge is -2.23. The first-order chi connectivity index (χ1) is 7.84. The van der Waals surface area contributed by atoms with Crippen LogP contribution in [-0.4, -0.2) is 43.2 Å². The average Bonchev–Trinajstić information content (AvgIpc) is 2.81. The minimum Gasteiger partial charge on any atom is -0.338 e. The van der Waals surface area contributed by atoms with E-state index in [0.29, 0.717) is 12.0 Å². The molecule has 2 aliphatic rings. The highest BCUT2D eigenvalue weighted by molar-refractivity contribution is 7.99. The van der Waals surface area contributed by atoms with Gasteiger partial charge in [0.2, 0.25) is 0 Å². The van der Waals surface area contributed by atoms with Gasteiger partial charge < -0.3 is 16.0 Å². The molecule has 0 spiro atoms. The quantitative estimate of drug-likeness (QED) is 0.687. The normalized spacial score (nSPS) is 30.0. The van der Waals surface area contributed by atoms with Crippen LogP contribution in [-0.2, 0) is 0 Å². The largest absolute Gasteiger partial charge is 0.338 e. The van der Waals surface area contributed by atoms with Crippen molar-refractivity contribution >= 4 is 17.8 Å². The molecule has 2 heterocycles. The summed E-state index contributed by atoms with van der Waals surface area (Å²) < 4.78 is 0. The fraction of sp³-hybridized carbons (Fsp3) is 0.909. The van der Waals surface area contributed by atoms with Crippen LogP contribution in [0.5, 0.6) is 0 Å². The Labute approximate surface area is 101 Å². The highest BCUT2D eigenvalue weighted by Gasteiger charge is 2.18. The summed E-state index contributed by atoms with van der Waals surface area (Å²) in [7, 11) is 0. The smallest absolute Gasteiger partial charge is 0.315 e. The zero-order valence-corrected chi connectivity index (χ0v) is 10.4. The maximum Gasteiger partial charge on any atom is 0.315 e. The number of nitrogens with one attached hydrogen (secondary N) is 3. The fourth-order valence-electron chi connectivity index (χ4n) is 2.22. The first-order valence-corrected chi connectivity index (χ1v) is 7.33. The monoisotopic (exact) mass is 243 g/mol. The third kappa shape index (κ3) is 3.87. The Morgan fingerprint density at radius 3 is 3.06 bits per heavy atom. The minimum atomic E-state index is 0.0121. The zero-order chi connectivity index (χ0) is 11.2. The SMILES string of the molecule is O=C(NCC1CCCNC1)NC1CCSC1. The Morgan fingerprint density at radius 2 is 2.38 bits per heavy atom. The molecule has 2 aliphatic heterocycles. The molecule has 92 valence electrons. The summed E-state index contributed by atoms with van der Waals surface area (Å²) in [5.74, 6) is 2.85. The van der Waals surface area contributed by atoms with Gasteiger partial charge in [0.15, 0.2) is 0 Å². The van der Waals surface area contributed by atoms with Gasteiger partial charge in [-0.3, -0.25) is 0 Å². The van der Waals surface area contributed by atoms with Crippen molar-refractivity contribution in [3.8, 4) is 0 Å². The van der Waals surface area contributed by atoms with Gasteiger partial charge in [-0.2, -0.15) is 11.8 Å². The number of carbonyl (C=O) groups excluding carboxylic acids is 1. The summed E-state index contributed by atoms with van der Waals surface area (Å²) in [4.78, 5) is 11.6. The molecule has 2 rings (SSSR count). The summed E-state index contributed by atoms with van der Waals surface area (Å²) >= 11 is 1.92. The lowest BCUT2D eigenvalue weighted by atomic mass is 10.00. The molecule has 2 atom stereocenters. The van der Waals surface area contributed by atoms with Gasteiger partial charge >= 0.3 is 6.03 Å². The van der Waals surface area contributed by atoms with Crippen LogP contribution in [0.25, 0.3) is 0 Å². The molecule has 0 radical (unpaired) electrons. The Morgan fingerprint density at radius 1 is 1.44 bits per heavy atom. The van der Waals surface area contributed by atoms with Gasteiger partial charge in [0.25, 0.3) is 0 Å². The Kier molecular flexibility index (Phi) is 4.78. The lowest BCUT2D eigenvalue weighted by molar-refractivity contribution is 0.234. The van der Waals surface area contributed by atoms with Crippen molar-refractivity contribution in [1.82, 2.24) is 16.0 Å². The van der Waals surface area contributed by atoms with Crippen LogP contribution in [0.1, 0.15) is 19.3 Å². The van der Waals surface area contributed by atoms with Crippen molar-refractivity contribution in [2.45, 2.75) is 25.3 Å². The van der Waals surface area contributed by atoms with E-state index in [1.807, 2.05) is 11.8 Å². The summed E-state index contributed by atoms with van der Waals surface area (Å²) in [6, 6.07) is 0.396. The van der Waals surface area contributed by atoms with E-state index in [4.69, 9.17) is 0 Å². The molecule has 5 heteroatoms. The second-order valence-electron chi connectivity index (χ2n) is 4.63. The van der Waals surface area contributed by atoms with E-state index in [1.54, 1.807) is 0 Å². The van der Waals surface area contributed by atoms with E-state index in [9.17, 15) is 4.79 Å². The number of hydrogen-bond donors (Lipinski definition) is 3. The molecule has 0 aromatic heterocycles. The molecule has 0 aromatic carbocycles. The van der Waals surface area contributed by atoms with Crippen molar-refractivity contribution in [2.75, 3.05) is 31.1 Å². The van der Waals surface area contributed by atoms with Gasteiger partial charge in [-0.05, 0) is 44.0 Å². The first kappa shape index (κ1) is 12.0. The molecule has 2 unspecified atom stereocenters. The van der Waals surface area contributed by atoms with E-state index in [-0.39, 0.29) is 6.03 Å². The number of rotatable bonds is 3. The third-order valence-corrected chi connectivity index (χ3v) is 4.38. The lowest BCUT2D eigenvalue weighted by Crippen LogP contribution is -2.45. The van der Waals surface area contributed by atoms with Crippen LogP contribution >= 0.6 is 11.8 Å². The molecule has 2 fully saturated rings. The maximum absolute atomic E-state index is 11.6. The molecule has 3 N–H and O–H groups in total. The van der Waals surface area contributed by atoms with E-state index in [1.165, 1.54) is 18.6 Å². The van der Waals surface area contributed by atoms with E-state index in [2.05, 4.69) is 16.0 Å². The number of thioether (sulfide) groups is 1. The number of carbonyl (C=O) groups is 1. The molecular formula is C11H21N3OS. The van der Waals surface area contributed by atoms with Crippen LogP contribution in [0.15, 0.2) is 0 Å². The van der Waals surface area contributed by atoms with Crippen molar-refractivity contribution in [1.29, 1.82) is 0 Å². The standard InChI is InChI=1S/C11H21N3OS/c15-11(14-10-3-5-16-8-10)13-7-9-2-1-4-12-6-9/h9-10,12H,1-8H2,(H2,13,14,15). The van der Waals surface area contributed by atoms with Crippen LogP contribution in [0, 0.1) is 5.92 Å². The summed E-state index contributed by atoms with van der Waals surface area (Å²) in [6.45, 7) is 2.97. The molecule has 0 aromatic rings. The van der Waals surface area contributed by atoms with Crippen LogP contribution in [0.4, 0.5) is 4.79 Å². The highest BCUT2D eigenvalue weighted by Crippen LogP contribution is 2.16. The second kappa shape index (κ2) is 6.35. The molecule has 2 amide bonds. The molecule has 0 saturated carbocycles. The van der Waals surface area contributed by atoms with Gasteiger partial charge in [0, 0.05) is 18.3 Å². The van der Waals surface area contributed by atoms with Crippen LogP contribution in [0.3, 0.4) is 0 Å². The fourth-order valence-corrected chi connectivity index (χ4v) is 3.37. The summed E-state index contributed by atoms with van der Waals surface area (Å²) in [6.07, 6.45) is 3.57. The highest BCUT2D eigenvalue weighted by atomic mass is 32.2. The van der Waals surface area contributed by atoms with Crippen molar-refractivity contribution in [3.63, 3.8) is 0 Å². The van der Waals surface area contributed by atoms with E-state index in [0.717, 1.165) is 31.8 Å². The Bertz CT molecular complexity index is 225. The van der Waals surface area contributed by atoms with Gasteiger partial charge in [-0.1, -0.05) is 0 Å². The third-order valence-electron chi connectivity index (χ3n) is 3.22. The molecule has 2 saturated heterocycles. The van der Waals surface area contributed by atoms with Crippen molar-refractivity contribution in [2.24, 2.45) is 5.92 Å². The first-order valence-electron chi connectivity index (χ1n) is 6.17. The van der Waals surface area contributed by atoms with Crippen molar-refractivity contribution < 1.29 is 4.79 Å². The van der Waals surface area contributed by atoms with Gasteiger partial charge in [-0.25, -0.2) is 4.79 Å². The number of hydrogen-bond acceptors (Lipinski definition) is 3. The molecular weight excluding hydrogens is 222 g/mol. The predicted octanol–water partition coefficient (Wildman–Crippen LogP) is 0.791. The van der Waals surface area contributed by atoms with E-state index >= 15 is 0 Å². The molecule has 0 aliphatic carbocycles. The number of amides is 2. The number of piperidine rings is 1. The summed E-state index contributed by atoms with van der Waals surface area (Å²) in [5.41, 5.74) is 0. The minimum absolute atomic E-state index is 0.0121. The molecule has 4 nitrogen and oxygen atoms in total. The Hall–Kier alpha value is -0.420.